The average Bonchev–Trinajstić information content (AvgIpc) is 3.98. The van der Waals surface area contributed by atoms with E-state index in [2.05, 4.69) is 72.8 Å². The molecule has 12 heteroatoms. The Balaban J connectivity index is 0.00000171. The number of benzene rings is 5. The van der Waals surface area contributed by atoms with E-state index in [4.69, 9.17) is 9.05 Å². The summed E-state index contributed by atoms with van der Waals surface area (Å²) in [6.45, 7) is 0. The van der Waals surface area contributed by atoms with Crippen molar-refractivity contribution < 1.29 is 96.9 Å². The van der Waals surface area contributed by atoms with E-state index >= 15 is 0 Å². The van der Waals surface area contributed by atoms with Gasteiger partial charge in [0.25, 0.3) is 0 Å². The summed E-state index contributed by atoms with van der Waals surface area (Å²) in [6, 6.07) is 26.4. The van der Waals surface area contributed by atoms with Gasteiger partial charge in [-0.05, 0) is 92.4 Å². The van der Waals surface area contributed by atoms with E-state index < -0.39 is 15.6 Å². The minimum Gasteiger partial charge on any atom is -0.780 e. The second-order valence-corrected chi connectivity index (χ2v) is 18.5. The molecule has 2 N–H and O–H groups in total. The quantitative estimate of drug-likeness (QED) is 0.206. The van der Waals surface area contributed by atoms with Gasteiger partial charge in [0, 0.05) is 69.6 Å². The summed E-state index contributed by atoms with van der Waals surface area (Å²) in [5, 5.41) is 0. The van der Waals surface area contributed by atoms with Crippen LogP contribution in [-0.2, 0) is 9.13 Å². The first-order valence-electron chi connectivity index (χ1n) is 18.3. The maximum Gasteiger partial charge on any atom is 1.00 e. The van der Waals surface area contributed by atoms with Crippen molar-refractivity contribution in [1.82, 2.24) is 0 Å². The van der Waals surface area contributed by atoms with E-state index in [-0.39, 0.29) is 94.3 Å². The van der Waals surface area contributed by atoms with Gasteiger partial charge in [0.2, 0.25) is 0 Å². The van der Waals surface area contributed by atoms with Crippen LogP contribution in [0.3, 0.4) is 0 Å². The van der Waals surface area contributed by atoms with Crippen molar-refractivity contribution in [1.29, 1.82) is 0 Å². The van der Waals surface area contributed by atoms with Crippen molar-refractivity contribution in [2.24, 2.45) is 0 Å². The first-order chi connectivity index (χ1) is 25.0. The Morgan fingerprint density at radius 2 is 0.704 bits per heavy atom. The van der Waals surface area contributed by atoms with Crippen LogP contribution < -0.4 is 77.9 Å². The molecule has 0 unspecified atom stereocenters. The first-order valence-corrected chi connectivity index (χ1v) is 21.2. The molecule has 0 spiro atoms. The van der Waals surface area contributed by atoms with Gasteiger partial charge >= 0.3 is 66.9 Å². The molecule has 13 rings (SSSR count). The molecule has 5 aromatic rings. The molecule has 8 aliphatic rings. The van der Waals surface area contributed by atoms with Crippen molar-refractivity contribution in [3.63, 3.8) is 0 Å². The number of fused-ring (bicyclic) bond motifs is 32. The van der Waals surface area contributed by atoms with Gasteiger partial charge in [-0.2, -0.15) is 0 Å². The van der Waals surface area contributed by atoms with Gasteiger partial charge in [-0.15, -0.1) is 0 Å². The second-order valence-electron chi connectivity index (χ2n) is 16.3. The van der Waals surface area contributed by atoms with E-state index in [9.17, 15) is 28.7 Å². The summed E-state index contributed by atoms with van der Waals surface area (Å²) >= 11 is 0. The molecule has 54 heavy (non-hydrogen) atoms. The van der Waals surface area contributed by atoms with Gasteiger partial charge in [0.05, 0.1) is 0 Å². The molecule has 0 amide bonds. The van der Waals surface area contributed by atoms with Crippen molar-refractivity contribution >= 4 is 15.6 Å². The molecule has 8 aliphatic carbocycles. The van der Waals surface area contributed by atoms with Crippen molar-refractivity contribution in [2.75, 3.05) is 0 Å². The Morgan fingerprint density at radius 3 is 0.981 bits per heavy atom. The average molecular weight is 771 g/mol. The van der Waals surface area contributed by atoms with Crippen LogP contribution in [0.15, 0.2) is 72.8 Å². The fraction of sp³-hybridized carbons (Fsp3) is 0.286. The van der Waals surface area contributed by atoms with Crippen molar-refractivity contribution in [3.8, 4) is 11.5 Å². The van der Waals surface area contributed by atoms with Crippen molar-refractivity contribution in [2.45, 2.75) is 73.0 Å². The first kappa shape index (κ1) is 35.2. The van der Waals surface area contributed by atoms with Crippen LogP contribution >= 0.6 is 15.6 Å². The van der Waals surface area contributed by atoms with E-state index in [0.717, 1.165) is 35.1 Å². The molecule has 0 fully saturated rings. The number of hydrogen-bond donors (Lipinski definition) is 2. The molecule has 8 nitrogen and oxygen atoms in total. The summed E-state index contributed by atoms with van der Waals surface area (Å²) in [5.41, 5.74) is 17.2. The largest absolute Gasteiger partial charge is 1.00 e. The van der Waals surface area contributed by atoms with Gasteiger partial charge in [-0.1, -0.05) is 72.8 Å². The maximum absolute atomic E-state index is 12.8. The molecule has 258 valence electrons. The monoisotopic (exact) mass is 770 g/mol. The Bertz CT molecular complexity index is 2350. The number of phosphoric acid groups is 2. The maximum atomic E-state index is 12.8. The summed E-state index contributed by atoms with van der Waals surface area (Å²) in [5.74, 6) is 0.229. The molecular weight excluding hydrogens is 740 g/mol. The van der Waals surface area contributed by atoms with Gasteiger partial charge in [0.15, 0.2) is 0 Å². The second kappa shape index (κ2) is 11.3. The van der Waals surface area contributed by atoms with Crippen LogP contribution in [-0.4, -0.2) is 9.79 Å². The van der Waals surface area contributed by atoms with Crippen LogP contribution in [0.25, 0.3) is 0 Å². The topological polar surface area (TPSA) is 139 Å². The molecule has 0 saturated carbocycles. The normalized spacial score (nSPS) is 27.9. The SMILES string of the molecule is O=P([O-])([O-])Oc1c2c(c(OP(=O)(O)O)c3c1[C@H]1C[C@@H]3c3cc4c(cc31)[C@H]1C[C@@H]4c3ccccc31)[C@@H]1C[C@H]2c2cc3c(cc21)[C@H]1C[C@@H]3c2ccccc21.[Na+].[Na+]. The van der Waals surface area contributed by atoms with Crippen molar-refractivity contribution in [3.05, 3.63) is 162 Å². The third kappa shape index (κ3) is 4.36. The molecule has 5 aromatic carbocycles. The van der Waals surface area contributed by atoms with E-state index in [0.29, 0.717) is 58.8 Å². The van der Waals surface area contributed by atoms with Crippen LogP contribution in [0.2, 0.25) is 0 Å². The fourth-order valence-electron chi connectivity index (χ4n) is 12.9. The smallest absolute Gasteiger partial charge is 0.780 e. The minimum absolute atomic E-state index is 0. The molecule has 8 atom stereocenters. The predicted octanol–water partition coefficient (Wildman–Crippen LogP) is 1.30. The number of hydrogen-bond acceptors (Lipinski definition) is 6. The van der Waals surface area contributed by atoms with Crippen LogP contribution in [0, 0.1) is 0 Å². The van der Waals surface area contributed by atoms with Gasteiger partial charge in [-0.3, -0.25) is 9.79 Å². The summed E-state index contributed by atoms with van der Waals surface area (Å²) in [4.78, 5) is 46.1. The molecule has 0 aromatic heterocycles. The summed E-state index contributed by atoms with van der Waals surface area (Å²) < 4.78 is 36.8. The number of phosphoric ester groups is 2. The zero-order valence-electron chi connectivity index (χ0n) is 29.6. The van der Waals surface area contributed by atoms with Gasteiger partial charge < -0.3 is 23.4 Å². The zero-order chi connectivity index (χ0) is 34.7. The van der Waals surface area contributed by atoms with Gasteiger partial charge in [0.1, 0.15) is 19.3 Å². The Kier molecular flexibility index (Phi) is 7.39. The summed E-state index contributed by atoms with van der Waals surface area (Å²) in [6.07, 6.45) is 3.21. The Morgan fingerprint density at radius 1 is 0.444 bits per heavy atom. The van der Waals surface area contributed by atoms with Gasteiger partial charge in [-0.25, -0.2) is 4.57 Å². The standard InChI is InChI=1S/C42H32O8P2.2Na/c43-51(44,45)49-41-37-33-15-34(30-12-26-22-9-21(25(26)11-29(30)33)17-5-1-2-6-18(17)22)38(37)42(50-52(46,47)48)40-36-16-35(39(40)41)31-13-27-23-10-24(28(27)14-32(31)36)20-8-4-3-7-19(20)23;;/h1-8,11-14,21-24,33-36H,9-10,15-16H2,(H2,43,44,45)(H2,46,47,48);;/q;2*+1/p-2/t21-,22+,23+,24-,33-,34+,35-,36+;;. The summed E-state index contributed by atoms with van der Waals surface area (Å²) in [7, 11) is -10.6. The third-order valence-corrected chi connectivity index (χ3v) is 15.2. The zero-order valence-corrected chi connectivity index (χ0v) is 35.4. The van der Waals surface area contributed by atoms with Crippen LogP contribution in [0.1, 0.15) is 162 Å². The Hall–Kier alpha value is -2.00. The van der Waals surface area contributed by atoms with E-state index in [1.807, 2.05) is 0 Å². The van der Waals surface area contributed by atoms with E-state index in [1.54, 1.807) is 0 Å². The van der Waals surface area contributed by atoms with Crippen LogP contribution in [0.4, 0.5) is 0 Å². The molecule has 0 heterocycles. The molecule has 0 saturated heterocycles. The predicted molar refractivity (Wildman–Crippen MR) is 186 cm³/mol. The van der Waals surface area contributed by atoms with Crippen LogP contribution in [0.5, 0.6) is 11.5 Å². The third-order valence-electron chi connectivity index (χ3n) is 14.3. The minimum atomic E-state index is -5.53. The molecular formula is C42H30Na2O8P2. The molecule has 8 bridgehead atoms. The molecule has 0 aliphatic heterocycles. The van der Waals surface area contributed by atoms with E-state index in [1.165, 1.54) is 44.5 Å². The molecule has 0 radical (unpaired) electrons. The fourth-order valence-corrected chi connectivity index (χ4v) is 13.7. The number of rotatable bonds is 4. The Labute approximate surface area is 355 Å².